The van der Waals surface area contributed by atoms with E-state index in [2.05, 4.69) is 41.0 Å². The lowest BCUT2D eigenvalue weighted by atomic mass is 9.74. The van der Waals surface area contributed by atoms with E-state index in [4.69, 9.17) is 4.74 Å². The number of fused-ring (bicyclic) bond motifs is 2. The highest BCUT2D eigenvalue weighted by Crippen LogP contribution is 2.46. The van der Waals surface area contributed by atoms with E-state index in [0.717, 1.165) is 26.3 Å². The predicted octanol–water partition coefficient (Wildman–Crippen LogP) is 2.69. The first-order valence-corrected chi connectivity index (χ1v) is 9.39. The molecule has 0 radical (unpaired) electrons. The first-order valence-electron chi connectivity index (χ1n) is 9.39. The molecule has 23 heavy (non-hydrogen) atoms. The summed E-state index contributed by atoms with van der Waals surface area (Å²) in [6.45, 7) is 10.2. The van der Waals surface area contributed by atoms with Gasteiger partial charge < -0.3 is 9.64 Å². The Morgan fingerprint density at radius 1 is 1.04 bits per heavy atom. The Bertz CT molecular complexity index is 530. The second-order valence-electron chi connectivity index (χ2n) is 7.74. The number of nitrogens with zero attached hydrogens (tertiary/aromatic N) is 2. The molecule has 3 aliphatic rings. The summed E-state index contributed by atoms with van der Waals surface area (Å²) in [6.07, 6.45) is 5.36. The zero-order chi connectivity index (χ0) is 15.7. The van der Waals surface area contributed by atoms with Crippen molar-refractivity contribution in [2.24, 2.45) is 0 Å². The van der Waals surface area contributed by atoms with Gasteiger partial charge in [-0.05, 0) is 62.2 Å². The Balaban J connectivity index is 1.35. The molecule has 2 heterocycles. The van der Waals surface area contributed by atoms with Crippen LogP contribution < -0.4 is 0 Å². The number of hydrogen-bond acceptors (Lipinski definition) is 3. The molecule has 1 aliphatic carbocycles. The lowest BCUT2D eigenvalue weighted by Crippen LogP contribution is -2.50. The first kappa shape index (κ1) is 15.6. The molecule has 1 spiro atoms. The van der Waals surface area contributed by atoms with Crippen LogP contribution in [0.5, 0.6) is 0 Å². The number of hydrogen-bond donors (Lipinski definition) is 0. The zero-order valence-corrected chi connectivity index (χ0v) is 14.5. The van der Waals surface area contributed by atoms with Crippen molar-refractivity contribution in [2.75, 3.05) is 45.9 Å². The summed E-state index contributed by atoms with van der Waals surface area (Å²) in [5, 5.41) is 0. The maximum atomic E-state index is 5.48. The molecule has 1 aromatic carbocycles. The van der Waals surface area contributed by atoms with E-state index >= 15 is 0 Å². The number of benzene rings is 1. The fourth-order valence-corrected chi connectivity index (χ4v) is 4.95. The number of piperidine rings is 1. The Hall–Kier alpha value is -0.900. The molecule has 0 N–H and O–H groups in total. The molecule has 2 aliphatic heterocycles. The maximum absolute atomic E-state index is 5.48. The van der Waals surface area contributed by atoms with Crippen molar-refractivity contribution in [3.05, 3.63) is 35.4 Å². The van der Waals surface area contributed by atoms with Crippen LogP contribution in [-0.2, 0) is 16.6 Å². The zero-order valence-electron chi connectivity index (χ0n) is 14.5. The van der Waals surface area contributed by atoms with Crippen LogP contribution in [0.25, 0.3) is 0 Å². The molecule has 0 unspecified atom stereocenters. The van der Waals surface area contributed by atoms with Gasteiger partial charge in [0.2, 0.25) is 0 Å². The van der Waals surface area contributed by atoms with Gasteiger partial charge in [0.05, 0.1) is 13.2 Å². The van der Waals surface area contributed by atoms with Crippen LogP contribution in [-0.4, -0.2) is 61.8 Å². The minimum Gasteiger partial charge on any atom is -0.379 e. The van der Waals surface area contributed by atoms with Gasteiger partial charge in [-0.3, -0.25) is 4.90 Å². The molecule has 126 valence electrons. The minimum atomic E-state index is 0.495. The molecule has 0 amide bonds. The maximum Gasteiger partial charge on any atom is 0.0594 e. The third kappa shape index (κ3) is 3.07. The monoisotopic (exact) mass is 314 g/mol. The summed E-state index contributed by atoms with van der Waals surface area (Å²) in [5.41, 5.74) is 3.78. The molecular formula is C20H30N2O. The minimum absolute atomic E-state index is 0.495. The fraction of sp³-hybridized carbons (Fsp3) is 0.700. The molecule has 0 saturated carbocycles. The topological polar surface area (TPSA) is 15.7 Å². The van der Waals surface area contributed by atoms with Gasteiger partial charge in [0.15, 0.2) is 0 Å². The number of rotatable bonds is 3. The first-order chi connectivity index (χ1) is 11.3. The van der Waals surface area contributed by atoms with Gasteiger partial charge in [-0.15, -0.1) is 0 Å². The Morgan fingerprint density at radius 3 is 2.57 bits per heavy atom. The molecule has 3 heteroatoms. The van der Waals surface area contributed by atoms with E-state index in [9.17, 15) is 0 Å². The molecule has 1 aromatic rings. The van der Waals surface area contributed by atoms with Gasteiger partial charge >= 0.3 is 0 Å². The highest BCUT2D eigenvalue weighted by Gasteiger charge is 2.41. The second-order valence-corrected chi connectivity index (χ2v) is 7.74. The summed E-state index contributed by atoms with van der Waals surface area (Å²) in [7, 11) is 0. The summed E-state index contributed by atoms with van der Waals surface area (Å²) < 4.78 is 5.48. The summed E-state index contributed by atoms with van der Waals surface area (Å²) in [6, 6.07) is 9.84. The third-order valence-electron chi connectivity index (χ3n) is 6.47. The Labute approximate surface area is 140 Å². The van der Waals surface area contributed by atoms with Gasteiger partial charge in [0.25, 0.3) is 0 Å². The quantitative estimate of drug-likeness (QED) is 0.853. The predicted molar refractivity (Wildman–Crippen MR) is 94.0 cm³/mol. The number of ether oxygens (including phenoxy) is 1. The standard InChI is InChI=1S/C20H30N2O/c1-17(22-12-14-23-15-13-22)16-21-10-8-20(9-11-21)7-6-18-4-2-3-5-19(18)20/h2-5,17H,6-16H2,1H3/t17-/m0/s1. The molecule has 0 bridgehead atoms. The van der Waals surface area contributed by atoms with Gasteiger partial charge in [0, 0.05) is 25.7 Å². The molecule has 1 atom stereocenters. The van der Waals surface area contributed by atoms with Crippen LogP contribution in [0.15, 0.2) is 24.3 Å². The van der Waals surface area contributed by atoms with Crippen molar-refractivity contribution in [1.82, 2.24) is 9.80 Å². The highest BCUT2D eigenvalue weighted by molar-refractivity contribution is 5.39. The molecule has 4 rings (SSSR count). The van der Waals surface area contributed by atoms with Crippen LogP contribution in [0.1, 0.15) is 37.3 Å². The van der Waals surface area contributed by atoms with E-state index < -0.39 is 0 Å². The number of aryl methyl sites for hydroxylation is 1. The number of likely N-dealkylation sites (tertiary alicyclic amines) is 1. The summed E-state index contributed by atoms with van der Waals surface area (Å²) in [4.78, 5) is 5.30. The van der Waals surface area contributed by atoms with Crippen molar-refractivity contribution in [3.63, 3.8) is 0 Å². The average molecular weight is 314 g/mol. The lowest BCUT2D eigenvalue weighted by Gasteiger charge is -2.42. The summed E-state index contributed by atoms with van der Waals surface area (Å²) in [5.74, 6) is 0. The third-order valence-corrected chi connectivity index (χ3v) is 6.47. The van der Waals surface area contributed by atoms with E-state index in [1.165, 1.54) is 45.3 Å². The Kier molecular flexibility index (Phi) is 4.44. The molecule has 0 aromatic heterocycles. The SMILES string of the molecule is C[C@@H](CN1CCC2(CCc3ccccc32)CC1)N1CCOCC1. The fourth-order valence-electron chi connectivity index (χ4n) is 4.95. The number of morpholine rings is 1. The molecule has 2 fully saturated rings. The van der Waals surface area contributed by atoms with E-state index in [0.29, 0.717) is 11.5 Å². The van der Waals surface area contributed by atoms with Crippen LogP contribution in [0.2, 0.25) is 0 Å². The molecular weight excluding hydrogens is 284 g/mol. The second kappa shape index (κ2) is 6.54. The van der Waals surface area contributed by atoms with Gasteiger partial charge in [-0.2, -0.15) is 0 Å². The summed E-state index contributed by atoms with van der Waals surface area (Å²) >= 11 is 0. The van der Waals surface area contributed by atoms with Crippen LogP contribution in [0.4, 0.5) is 0 Å². The lowest BCUT2D eigenvalue weighted by molar-refractivity contribution is 0.00901. The van der Waals surface area contributed by atoms with Crippen LogP contribution in [0.3, 0.4) is 0 Å². The van der Waals surface area contributed by atoms with Crippen molar-refractivity contribution in [3.8, 4) is 0 Å². The van der Waals surface area contributed by atoms with Crippen molar-refractivity contribution < 1.29 is 4.74 Å². The van der Waals surface area contributed by atoms with Crippen molar-refractivity contribution >= 4 is 0 Å². The largest absolute Gasteiger partial charge is 0.379 e. The normalized spacial score (nSPS) is 26.3. The average Bonchev–Trinajstić information content (AvgIpc) is 2.97. The van der Waals surface area contributed by atoms with Gasteiger partial charge in [-0.25, -0.2) is 0 Å². The molecule has 2 saturated heterocycles. The van der Waals surface area contributed by atoms with E-state index in [1.54, 1.807) is 11.1 Å². The van der Waals surface area contributed by atoms with E-state index in [1.807, 2.05) is 0 Å². The van der Waals surface area contributed by atoms with Crippen LogP contribution >= 0.6 is 0 Å². The van der Waals surface area contributed by atoms with Crippen molar-refractivity contribution in [2.45, 2.75) is 44.1 Å². The van der Waals surface area contributed by atoms with E-state index in [-0.39, 0.29) is 0 Å². The van der Waals surface area contributed by atoms with Gasteiger partial charge in [-0.1, -0.05) is 24.3 Å². The Morgan fingerprint density at radius 2 is 1.78 bits per heavy atom. The molecule has 3 nitrogen and oxygen atoms in total. The highest BCUT2D eigenvalue weighted by atomic mass is 16.5. The van der Waals surface area contributed by atoms with Crippen LogP contribution in [0, 0.1) is 0 Å². The smallest absolute Gasteiger partial charge is 0.0594 e. The van der Waals surface area contributed by atoms with Gasteiger partial charge in [0.1, 0.15) is 0 Å². The van der Waals surface area contributed by atoms with Crippen molar-refractivity contribution in [1.29, 1.82) is 0 Å².